The van der Waals surface area contributed by atoms with Crippen LogP contribution in [-0.4, -0.2) is 0 Å². The van der Waals surface area contributed by atoms with Crippen LogP contribution in [0.2, 0.25) is 0 Å². The van der Waals surface area contributed by atoms with Crippen molar-refractivity contribution in [1.82, 2.24) is 0 Å². The smallest absolute Gasteiger partial charge is 0.0953 e. The monoisotopic (exact) mass is 313 g/mol. The van der Waals surface area contributed by atoms with Gasteiger partial charge in [-0.3, -0.25) is 0 Å². The van der Waals surface area contributed by atoms with Crippen molar-refractivity contribution in [3.8, 4) is 0 Å². The topological polar surface area (TPSA) is 12.0 Å². The Labute approximate surface area is 134 Å². The van der Waals surface area contributed by atoms with E-state index in [0.717, 1.165) is 6.42 Å². The minimum Gasteiger partial charge on any atom is -0.373 e. The van der Waals surface area contributed by atoms with Gasteiger partial charge in [0.05, 0.1) is 6.04 Å². The molecular weight excluding hydrogens is 294 g/mol. The molecule has 0 aliphatic carbocycles. The Kier molecular flexibility index (Phi) is 4.73. The van der Waals surface area contributed by atoms with Crippen LogP contribution in [0.4, 0.5) is 5.69 Å². The van der Waals surface area contributed by atoms with E-state index in [1.807, 2.05) is 0 Å². The van der Waals surface area contributed by atoms with Crippen molar-refractivity contribution in [3.05, 3.63) is 74.6 Å². The molecule has 0 amide bonds. The van der Waals surface area contributed by atoms with E-state index in [1.165, 1.54) is 27.4 Å². The van der Waals surface area contributed by atoms with E-state index in [0.29, 0.717) is 0 Å². The maximum atomic E-state index is 3.67. The standard InChI is InChI=1S/C18H19NS2/c1-2-5-14-8-10-15(11-9-14)19-18(16-6-3-12-20-16)17-7-4-13-21-17/h3-4,6-13,18-19H,2,5H2,1H3. The van der Waals surface area contributed by atoms with Crippen molar-refractivity contribution < 1.29 is 0 Å². The minimum absolute atomic E-state index is 0.252. The predicted molar refractivity (Wildman–Crippen MR) is 94.5 cm³/mol. The number of thiophene rings is 2. The molecule has 0 radical (unpaired) electrons. The molecule has 108 valence electrons. The van der Waals surface area contributed by atoms with E-state index in [2.05, 4.69) is 71.5 Å². The van der Waals surface area contributed by atoms with Crippen LogP contribution in [0.15, 0.2) is 59.3 Å². The van der Waals surface area contributed by atoms with Gasteiger partial charge in [0.15, 0.2) is 0 Å². The molecule has 0 aliphatic rings. The Bertz CT molecular complexity index is 605. The summed E-state index contributed by atoms with van der Waals surface area (Å²) in [6.07, 6.45) is 2.35. The van der Waals surface area contributed by atoms with Gasteiger partial charge in [0.25, 0.3) is 0 Å². The van der Waals surface area contributed by atoms with Gasteiger partial charge in [-0.1, -0.05) is 37.6 Å². The molecule has 3 rings (SSSR count). The number of aryl methyl sites for hydroxylation is 1. The highest BCUT2D eigenvalue weighted by atomic mass is 32.1. The van der Waals surface area contributed by atoms with Crippen LogP contribution in [0, 0.1) is 0 Å². The lowest BCUT2D eigenvalue weighted by Crippen LogP contribution is -2.09. The zero-order chi connectivity index (χ0) is 14.5. The van der Waals surface area contributed by atoms with E-state index in [9.17, 15) is 0 Å². The Morgan fingerprint density at radius 2 is 1.52 bits per heavy atom. The molecule has 1 N–H and O–H groups in total. The van der Waals surface area contributed by atoms with Gasteiger partial charge in [-0.05, 0) is 47.0 Å². The zero-order valence-electron chi connectivity index (χ0n) is 12.1. The molecule has 3 heteroatoms. The van der Waals surface area contributed by atoms with E-state index in [-0.39, 0.29) is 6.04 Å². The van der Waals surface area contributed by atoms with Gasteiger partial charge in [0.1, 0.15) is 0 Å². The SMILES string of the molecule is CCCc1ccc(NC(c2cccs2)c2cccs2)cc1. The first kappa shape index (κ1) is 14.4. The number of anilines is 1. The Morgan fingerprint density at radius 3 is 2.00 bits per heavy atom. The number of benzene rings is 1. The lowest BCUT2D eigenvalue weighted by Gasteiger charge is -2.18. The Morgan fingerprint density at radius 1 is 0.905 bits per heavy atom. The second-order valence-electron chi connectivity index (χ2n) is 5.06. The second-order valence-corrected chi connectivity index (χ2v) is 7.01. The third-order valence-electron chi connectivity index (χ3n) is 3.46. The highest BCUT2D eigenvalue weighted by Crippen LogP contribution is 2.32. The molecule has 0 saturated carbocycles. The van der Waals surface area contributed by atoms with Crippen LogP contribution >= 0.6 is 22.7 Å². The molecule has 0 aliphatic heterocycles. The lowest BCUT2D eigenvalue weighted by molar-refractivity contribution is 0.921. The summed E-state index contributed by atoms with van der Waals surface area (Å²) in [5, 5.41) is 7.96. The normalized spacial score (nSPS) is 11.0. The van der Waals surface area contributed by atoms with E-state index >= 15 is 0 Å². The van der Waals surface area contributed by atoms with Gasteiger partial charge >= 0.3 is 0 Å². The fourth-order valence-corrected chi connectivity index (χ4v) is 4.08. The Hall–Kier alpha value is -1.58. The largest absolute Gasteiger partial charge is 0.373 e. The van der Waals surface area contributed by atoms with Crippen molar-refractivity contribution in [3.63, 3.8) is 0 Å². The predicted octanol–water partition coefficient (Wildman–Crippen LogP) is 5.96. The summed E-state index contributed by atoms with van der Waals surface area (Å²) in [5.41, 5.74) is 2.59. The fourth-order valence-electron chi connectivity index (χ4n) is 2.42. The molecule has 0 spiro atoms. The maximum Gasteiger partial charge on any atom is 0.0953 e. The summed E-state index contributed by atoms with van der Waals surface area (Å²) in [7, 11) is 0. The molecule has 0 unspecified atom stereocenters. The summed E-state index contributed by atoms with van der Waals surface area (Å²) < 4.78 is 0. The maximum absolute atomic E-state index is 3.67. The van der Waals surface area contributed by atoms with Crippen LogP contribution in [0.5, 0.6) is 0 Å². The van der Waals surface area contributed by atoms with E-state index < -0.39 is 0 Å². The van der Waals surface area contributed by atoms with Crippen molar-refractivity contribution >= 4 is 28.4 Å². The molecule has 21 heavy (non-hydrogen) atoms. The Balaban J connectivity index is 1.82. The highest BCUT2D eigenvalue weighted by Gasteiger charge is 2.15. The molecule has 0 saturated heterocycles. The van der Waals surface area contributed by atoms with Crippen molar-refractivity contribution in [2.24, 2.45) is 0 Å². The molecule has 3 aromatic rings. The molecular formula is C18H19NS2. The first-order chi connectivity index (χ1) is 10.4. The van der Waals surface area contributed by atoms with Gasteiger partial charge < -0.3 is 5.32 Å². The summed E-state index contributed by atoms with van der Waals surface area (Å²) in [4.78, 5) is 2.71. The zero-order valence-corrected chi connectivity index (χ0v) is 13.7. The average molecular weight is 313 g/mol. The van der Waals surface area contributed by atoms with Gasteiger partial charge in [-0.2, -0.15) is 0 Å². The molecule has 1 aromatic carbocycles. The molecule has 2 heterocycles. The molecule has 0 fully saturated rings. The number of nitrogens with one attached hydrogen (secondary N) is 1. The van der Waals surface area contributed by atoms with Crippen LogP contribution in [-0.2, 0) is 6.42 Å². The summed E-state index contributed by atoms with van der Waals surface area (Å²) in [6, 6.07) is 17.7. The van der Waals surface area contributed by atoms with Crippen molar-refractivity contribution in [2.75, 3.05) is 5.32 Å². The lowest BCUT2D eigenvalue weighted by atomic mass is 10.1. The molecule has 2 aromatic heterocycles. The van der Waals surface area contributed by atoms with Gasteiger partial charge in [-0.15, -0.1) is 22.7 Å². The highest BCUT2D eigenvalue weighted by molar-refractivity contribution is 7.11. The fraction of sp³-hybridized carbons (Fsp3) is 0.222. The van der Waals surface area contributed by atoms with Crippen molar-refractivity contribution in [2.45, 2.75) is 25.8 Å². The summed E-state index contributed by atoms with van der Waals surface area (Å²) in [5.74, 6) is 0. The van der Waals surface area contributed by atoms with Crippen LogP contribution in [0.3, 0.4) is 0 Å². The van der Waals surface area contributed by atoms with Crippen LogP contribution in [0.1, 0.15) is 34.7 Å². The van der Waals surface area contributed by atoms with E-state index in [1.54, 1.807) is 22.7 Å². The third kappa shape index (κ3) is 3.55. The summed E-state index contributed by atoms with van der Waals surface area (Å²) >= 11 is 3.61. The average Bonchev–Trinajstić information content (AvgIpc) is 3.20. The van der Waals surface area contributed by atoms with E-state index in [4.69, 9.17) is 0 Å². The van der Waals surface area contributed by atoms with Gasteiger partial charge in [-0.25, -0.2) is 0 Å². The third-order valence-corrected chi connectivity index (χ3v) is 5.33. The second kappa shape index (κ2) is 6.92. The molecule has 0 bridgehead atoms. The van der Waals surface area contributed by atoms with Crippen LogP contribution < -0.4 is 5.32 Å². The summed E-state index contributed by atoms with van der Waals surface area (Å²) in [6.45, 7) is 2.22. The molecule has 1 nitrogen and oxygen atoms in total. The first-order valence-electron chi connectivity index (χ1n) is 7.29. The van der Waals surface area contributed by atoms with Gasteiger partial charge in [0, 0.05) is 15.4 Å². The van der Waals surface area contributed by atoms with Crippen LogP contribution in [0.25, 0.3) is 0 Å². The van der Waals surface area contributed by atoms with Gasteiger partial charge in [0.2, 0.25) is 0 Å². The first-order valence-corrected chi connectivity index (χ1v) is 9.05. The van der Waals surface area contributed by atoms with Crippen molar-refractivity contribution in [1.29, 1.82) is 0 Å². The number of rotatable bonds is 6. The quantitative estimate of drug-likeness (QED) is 0.591. The minimum atomic E-state index is 0.252. The molecule has 0 atom stereocenters. The number of hydrogen-bond acceptors (Lipinski definition) is 3. The number of hydrogen-bond donors (Lipinski definition) is 1.